The number of hydrogen-bond acceptors (Lipinski definition) is 5. The molecule has 1 heterocycles. The van der Waals surface area contributed by atoms with Gasteiger partial charge >= 0.3 is 0 Å². The lowest BCUT2D eigenvalue weighted by atomic mass is 9.75. The minimum Gasteiger partial charge on any atom is -0.391 e. The Morgan fingerprint density at radius 2 is 2.10 bits per heavy atom. The molecule has 166 valence electrons. The maximum atomic E-state index is 15.1. The number of primary amides is 1. The number of benzene rings is 1. The number of aliphatic hydroxyl groups excluding tert-OH is 1. The van der Waals surface area contributed by atoms with Crippen LogP contribution in [0.4, 0.5) is 10.1 Å². The van der Waals surface area contributed by atoms with E-state index in [9.17, 15) is 14.7 Å². The number of hydrogen-bond donors (Lipinski definition) is 3. The first-order chi connectivity index (χ1) is 14.6. The van der Waals surface area contributed by atoms with Crippen LogP contribution in [0.5, 0.6) is 0 Å². The number of halogens is 1. The standard InChI is InChI=1S/C23H29FN4O3/c1-4-14-21-17(10-23(2,3)11-19(21)30)28(27-14)12-8-13(24)20(22(25)31)16(9-12)26-15-6-5-7-18(15)29/h8-9,15,18,26,29H,4-7,10-11H2,1-3H3,(H2,25,31). The monoisotopic (exact) mass is 428 g/mol. The van der Waals surface area contributed by atoms with Crippen LogP contribution in [0.1, 0.15) is 78.6 Å². The zero-order chi connectivity index (χ0) is 22.5. The van der Waals surface area contributed by atoms with E-state index in [0.717, 1.165) is 12.1 Å². The van der Waals surface area contributed by atoms with Gasteiger partial charge in [-0.2, -0.15) is 5.10 Å². The molecule has 0 aliphatic heterocycles. The van der Waals surface area contributed by atoms with Crippen LogP contribution in [0.3, 0.4) is 0 Å². The molecular formula is C23H29FN4O3. The molecule has 8 heteroatoms. The molecule has 1 fully saturated rings. The molecule has 2 unspecified atom stereocenters. The second-order valence-corrected chi connectivity index (χ2v) is 9.44. The number of nitrogens with zero attached hydrogens (tertiary/aromatic N) is 2. The number of carbonyl (C=O) groups is 2. The average molecular weight is 429 g/mol. The first-order valence-corrected chi connectivity index (χ1v) is 10.8. The first kappa shape index (κ1) is 21.5. The quantitative estimate of drug-likeness (QED) is 0.678. The van der Waals surface area contributed by atoms with Gasteiger partial charge in [0.1, 0.15) is 5.82 Å². The molecule has 0 saturated heterocycles. The van der Waals surface area contributed by atoms with Crippen LogP contribution >= 0.6 is 0 Å². The SMILES string of the molecule is CCc1nn(-c2cc(F)c(C(N)=O)c(NC3CCCC3O)c2)c2c1C(=O)CC(C)(C)C2. The summed E-state index contributed by atoms with van der Waals surface area (Å²) in [5, 5.41) is 17.9. The minimum absolute atomic E-state index is 0.0519. The third kappa shape index (κ3) is 3.84. The smallest absolute Gasteiger partial charge is 0.253 e. The van der Waals surface area contributed by atoms with E-state index in [1.807, 2.05) is 20.8 Å². The van der Waals surface area contributed by atoms with Crippen LogP contribution in [-0.4, -0.2) is 38.7 Å². The Hall–Kier alpha value is -2.74. The van der Waals surface area contributed by atoms with Crippen molar-refractivity contribution in [1.29, 1.82) is 0 Å². The second kappa shape index (κ2) is 7.75. The predicted octanol–water partition coefficient (Wildman–Crippen LogP) is 3.15. The molecule has 0 spiro atoms. The Morgan fingerprint density at radius 1 is 1.35 bits per heavy atom. The summed E-state index contributed by atoms with van der Waals surface area (Å²) in [5.41, 5.74) is 7.71. The van der Waals surface area contributed by atoms with Gasteiger partial charge < -0.3 is 16.2 Å². The van der Waals surface area contributed by atoms with E-state index >= 15 is 4.39 Å². The van der Waals surface area contributed by atoms with Crippen molar-refractivity contribution in [3.8, 4) is 5.69 Å². The highest BCUT2D eigenvalue weighted by molar-refractivity contribution is 6.00. The Kier molecular flexibility index (Phi) is 5.37. The van der Waals surface area contributed by atoms with Crippen LogP contribution in [0.2, 0.25) is 0 Å². The lowest BCUT2D eigenvalue weighted by Crippen LogP contribution is -2.30. The zero-order valence-electron chi connectivity index (χ0n) is 18.2. The molecule has 1 aromatic heterocycles. The summed E-state index contributed by atoms with van der Waals surface area (Å²) in [4.78, 5) is 24.8. The molecule has 0 bridgehead atoms. The highest BCUT2D eigenvalue weighted by Gasteiger charge is 2.36. The average Bonchev–Trinajstić information content (AvgIpc) is 3.23. The summed E-state index contributed by atoms with van der Waals surface area (Å²) in [5.74, 6) is -1.59. The van der Waals surface area contributed by atoms with Crippen LogP contribution in [-0.2, 0) is 12.8 Å². The number of nitrogens with one attached hydrogen (secondary N) is 1. The van der Waals surface area contributed by atoms with Crippen molar-refractivity contribution in [2.75, 3.05) is 5.32 Å². The number of aromatic nitrogens is 2. The van der Waals surface area contributed by atoms with Crippen molar-refractivity contribution in [2.24, 2.45) is 11.1 Å². The van der Waals surface area contributed by atoms with Crippen molar-refractivity contribution in [3.63, 3.8) is 0 Å². The van der Waals surface area contributed by atoms with E-state index in [0.29, 0.717) is 49.0 Å². The van der Waals surface area contributed by atoms with Crippen molar-refractivity contribution in [3.05, 3.63) is 40.5 Å². The number of ketones is 1. The van der Waals surface area contributed by atoms with Crippen molar-refractivity contribution >= 4 is 17.4 Å². The van der Waals surface area contributed by atoms with Crippen molar-refractivity contribution < 1.29 is 19.1 Å². The molecule has 7 nitrogen and oxygen atoms in total. The minimum atomic E-state index is -0.882. The largest absolute Gasteiger partial charge is 0.391 e. The number of anilines is 1. The van der Waals surface area contributed by atoms with Gasteiger partial charge in [-0.15, -0.1) is 0 Å². The Morgan fingerprint density at radius 3 is 2.71 bits per heavy atom. The van der Waals surface area contributed by atoms with Gasteiger partial charge in [0.05, 0.1) is 46.0 Å². The maximum absolute atomic E-state index is 15.1. The van der Waals surface area contributed by atoms with Crippen LogP contribution in [0.15, 0.2) is 12.1 Å². The van der Waals surface area contributed by atoms with E-state index in [1.165, 1.54) is 6.07 Å². The molecule has 2 aliphatic carbocycles. The summed E-state index contributed by atoms with van der Waals surface area (Å²) >= 11 is 0. The predicted molar refractivity (Wildman–Crippen MR) is 115 cm³/mol. The highest BCUT2D eigenvalue weighted by atomic mass is 19.1. The summed E-state index contributed by atoms with van der Waals surface area (Å²) in [6.45, 7) is 6.00. The van der Waals surface area contributed by atoms with E-state index in [4.69, 9.17) is 5.73 Å². The van der Waals surface area contributed by atoms with Gasteiger partial charge in [0.25, 0.3) is 5.91 Å². The van der Waals surface area contributed by atoms with Gasteiger partial charge in [0, 0.05) is 12.5 Å². The summed E-state index contributed by atoms with van der Waals surface area (Å²) in [7, 11) is 0. The fourth-order valence-electron chi connectivity index (χ4n) is 4.88. The zero-order valence-corrected chi connectivity index (χ0v) is 18.2. The van der Waals surface area contributed by atoms with Gasteiger partial charge in [-0.25, -0.2) is 9.07 Å². The van der Waals surface area contributed by atoms with E-state index in [1.54, 1.807) is 10.7 Å². The van der Waals surface area contributed by atoms with E-state index < -0.39 is 17.8 Å². The van der Waals surface area contributed by atoms with Gasteiger partial charge in [-0.05, 0) is 43.6 Å². The Bertz CT molecular complexity index is 1060. The van der Waals surface area contributed by atoms with Crippen LogP contribution in [0, 0.1) is 11.2 Å². The lowest BCUT2D eigenvalue weighted by Gasteiger charge is -2.29. The number of aliphatic hydroxyl groups is 1. The van der Waals surface area contributed by atoms with Crippen molar-refractivity contribution in [2.45, 2.75) is 71.4 Å². The normalized spacial score (nSPS) is 22.4. The summed E-state index contributed by atoms with van der Waals surface area (Å²) < 4.78 is 16.7. The molecule has 1 saturated carbocycles. The second-order valence-electron chi connectivity index (χ2n) is 9.44. The lowest BCUT2D eigenvalue weighted by molar-refractivity contribution is 0.0909. The highest BCUT2D eigenvalue weighted by Crippen LogP contribution is 2.38. The van der Waals surface area contributed by atoms with Crippen LogP contribution in [0.25, 0.3) is 5.69 Å². The molecule has 2 aliphatic rings. The van der Waals surface area contributed by atoms with Gasteiger partial charge in [0.2, 0.25) is 0 Å². The maximum Gasteiger partial charge on any atom is 0.253 e. The molecular weight excluding hydrogens is 399 g/mol. The molecule has 1 amide bonds. The first-order valence-electron chi connectivity index (χ1n) is 10.8. The molecule has 31 heavy (non-hydrogen) atoms. The molecule has 1 aromatic carbocycles. The molecule has 2 aromatic rings. The summed E-state index contributed by atoms with van der Waals surface area (Å²) in [6.07, 6.45) is 3.29. The number of nitrogens with two attached hydrogens (primary N) is 1. The number of Topliss-reactive ketones (excluding diaryl/α,β-unsaturated/α-hetero) is 1. The Labute approximate surface area is 180 Å². The molecule has 4 N–H and O–H groups in total. The third-order valence-electron chi connectivity index (χ3n) is 6.34. The fraction of sp³-hybridized carbons (Fsp3) is 0.522. The molecule has 0 radical (unpaired) electrons. The number of carbonyl (C=O) groups excluding carboxylic acids is 2. The number of amides is 1. The Balaban J connectivity index is 1.86. The number of aryl methyl sites for hydroxylation is 1. The topological polar surface area (TPSA) is 110 Å². The van der Waals surface area contributed by atoms with E-state index in [-0.39, 0.29) is 28.5 Å². The van der Waals surface area contributed by atoms with E-state index in [2.05, 4.69) is 10.4 Å². The van der Waals surface area contributed by atoms with Gasteiger partial charge in [0.15, 0.2) is 5.78 Å². The fourth-order valence-corrected chi connectivity index (χ4v) is 4.88. The molecule has 4 rings (SSSR count). The van der Waals surface area contributed by atoms with Gasteiger partial charge in [-0.3, -0.25) is 9.59 Å². The number of fused-ring (bicyclic) bond motifs is 1. The molecule has 2 atom stereocenters. The third-order valence-corrected chi connectivity index (χ3v) is 6.34. The number of rotatable bonds is 5. The summed E-state index contributed by atoms with van der Waals surface area (Å²) in [6, 6.07) is 2.58. The van der Waals surface area contributed by atoms with Crippen LogP contribution < -0.4 is 11.1 Å². The van der Waals surface area contributed by atoms with Crippen molar-refractivity contribution in [1.82, 2.24) is 9.78 Å². The van der Waals surface area contributed by atoms with Gasteiger partial charge in [-0.1, -0.05) is 20.8 Å².